The molecule has 7 heteroatoms. The smallest absolute Gasteiger partial charge is 0.233 e. The summed E-state index contributed by atoms with van der Waals surface area (Å²) in [6.07, 6.45) is 1.60. The average Bonchev–Trinajstić information content (AvgIpc) is 3.07. The van der Waals surface area contributed by atoms with Gasteiger partial charge in [0.2, 0.25) is 5.91 Å². The minimum Gasteiger partial charge on any atom is -0.461 e. The third-order valence-corrected chi connectivity index (χ3v) is 4.05. The van der Waals surface area contributed by atoms with Gasteiger partial charge in [-0.3, -0.25) is 4.79 Å². The van der Waals surface area contributed by atoms with E-state index in [4.69, 9.17) is 4.42 Å². The topological polar surface area (TPSA) is 73.0 Å². The minimum atomic E-state index is -0.226. The molecule has 6 nitrogen and oxygen atoms in total. The van der Waals surface area contributed by atoms with E-state index in [0.29, 0.717) is 29.2 Å². The van der Waals surface area contributed by atoms with Gasteiger partial charge in [-0.05, 0) is 25.0 Å². The van der Waals surface area contributed by atoms with Gasteiger partial charge in [-0.2, -0.15) is 0 Å². The second kappa shape index (κ2) is 6.80. The van der Waals surface area contributed by atoms with Crippen molar-refractivity contribution in [1.82, 2.24) is 20.1 Å². The van der Waals surface area contributed by atoms with Crippen LogP contribution in [0, 0.1) is 5.92 Å². The predicted molar refractivity (Wildman–Crippen MR) is 81.9 cm³/mol. The molecule has 1 amide bonds. The van der Waals surface area contributed by atoms with Crippen LogP contribution < -0.4 is 5.32 Å². The Labute approximate surface area is 128 Å². The molecule has 0 aliphatic carbocycles. The van der Waals surface area contributed by atoms with Crippen molar-refractivity contribution in [1.29, 1.82) is 0 Å². The van der Waals surface area contributed by atoms with E-state index in [1.807, 2.05) is 24.6 Å². The van der Waals surface area contributed by atoms with Crippen LogP contribution in [-0.2, 0) is 11.8 Å². The Morgan fingerprint density at radius 2 is 2.19 bits per heavy atom. The Morgan fingerprint density at radius 1 is 1.43 bits per heavy atom. The molecule has 2 heterocycles. The highest BCUT2D eigenvalue weighted by Crippen LogP contribution is 2.25. The highest BCUT2D eigenvalue weighted by atomic mass is 32.2. The fraction of sp³-hybridized carbons (Fsp3) is 0.500. The number of rotatable bonds is 6. The number of aromatic nitrogens is 3. The zero-order valence-corrected chi connectivity index (χ0v) is 13.5. The van der Waals surface area contributed by atoms with E-state index in [0.717, 1.165) is 0 Å². The van der Waals surface area contributed by atoms with Crippen LogP contribution in [0.3, 0.4) is 0 Å². The van der Waals surface area contributed by atoms with Crippen LogP contribution >= 0.6 is 11.8 Å². The lowest BCUT2D eigenvalue weighted by Crippen LogP contribution is -2.33. The number of thioether (sulfide) groups is 1. The molecular weight excluding hydrogens is 288 g/mol. The molecule has 0 aliphatic rings. The van der Waals surface area contributed by atoms with Gasteiger partial charge >= 0.3 is 0 Å². The number of hydrogen-bond donors (Lipinski definition) is 1. The summed E-state index contributed by atoms with van der Waals surface area (Å²) in [4.78, 5) is 12.0. The zero-order valence-electron chi connectivity index (χ0n) is 12.7. The van der Waals surface area contributed by atoms with Crippen molar-refractivity contribution in [2.24, 2.45) is 13.0 Å². The molecular formula is C14H20N4O2S. The maximum atomic E-state index is 12.0. The predicted octanol–water partition coefficient (Wildman–Crippen LogP) is 2.33. The number of nitrogens with zero attached hydrogens (tertiary/aromatic N) is 3. The summed E-state index contributed by atoms with van der Waals surface area (Å²) in [6.45, 7) is 6.68. The molecule has 1 unspecified atom stereocenters. The molecule has 0 bridgehead atoms. The normalized spacial score (nSPS) is 12.6. The summed E-state index contributed by atoms with van der Waals surface area (Å²) in [6, 6.07) is 3.63. The second-order valence-electron chi connectivity index (χ2n) is 5.24. The lowest BCUT2D eigenvalue weighted by atomic mass is 10.2. The van der Waals surface area contributed by atoms with E-state index in [-0.39, 0.29) is 11.2 Å². The zero-order chi connectivity index (χ0) is 15.4. The first kappa shape index (κ1) is 15.6. The van der Waals surface area contributed by atoms with E-state index in [1.54, 1.807) is 12.3 Å². The van der Waals surface area contributed by atoms with Crippen LogP contribution in [0.4, 0.5) is 0 Å². The van der Waals surface area contributed by atoms with Crippen molar-refractivity contribution >= 4 is 17.7 Å². The van der Waals surface area contributed by atoms with Crippen molar-refractivity contribution in [3.8, 4) is 11.6 Å². The van der Waals surface area contributed by atoms with E-state index in [1.165, 1.54) is 11.8 Å². The maximum Gasteiger partial charge on any atom is 0.233 e. The second-order valence-corrected chi connectivity index (χ2v) is 6.55. The monoisotopic (exact) mass is 308 g/mol. The van der Waals surface area contributed by atoms with Crippen molar-refractivity contribution in [2.75, 3.05) is 6.54 Å². The first-order valence-electron chi connectivity index (χ1n) is 6.86. The Balaban J connectivity index is 2.02. The lowest BCUT2D eigenvalue weighted by molar-refractivity contribution is -0.120. The molecule has 0 saturated heterocycles. The van der Waals surface area contributed by atoms with Gasteiger partial charge in [0.1, 0.15) is 0 Å². The number of furan rings is 1. The summed E-state index contributed by atoms with van der Waals surface area (Å²) in [5, 5.41) is 11.6. The molecule has 0 radical (unpaired) electrons. The lowest BCUT2D eigenvalue weighted by Gasteiger charge is -2.12. The van der Waals surface area contributed by atoms with Gasteiger partial charge in [-0.15, -0.1) is 10.2 Å². The molecule has 1 N–H and O–H groups in total. The molecule has 2 rings (SSSR count). The summed E-state index contributed by atoms with van der Waals surface area (Å²) in [5.41, 5.74) is 0. The van der Waals surface area contributed by atoms with Gasteiger partial charge in [0.25, 0.3) is 0 Å². The number of carbonyl (C=O) groups excluding carboxylic acids is 1. The Hall–Kier alpha value is -1.76. The van der Waals surface area contributed by atoms with Gasteiger partial charge in [0.05, 0.1) is 11.5 Å². The number of carbonyl (C=O) groups is 1. The Bertz CT molecular complexity index is 592. The fourth-order valence-electron chi connectivity index (χ4n) is 1.70. The summed E-state index contributed by atoms with van der Waals surface area (Å²) < 4.78 is 7.15. The molecule has 21 heavy (non-hydrogen) atoms. The summed E-state index contributed by atoms with van der Waals surface area (Å²) >= 11 is 1.38. The summed E-state index contributed by atoms with van der Waals surface area (Å²) in [5.74, 6) is 1.76. The third kappa shape index (κ3) is 3.87. The van der Waals surface area contributed by atoms with Crippen molar-refractivity contribution < 1.29 is 9.21 Å². The molecule has 2 aromatic rings. The molecule has 2 aromatic heterocycles. The van der Waals surface area contributed by atoms with Gasteiger partial charge in [-0.25, -0.2) is 0 Å². The van der Waals surface area contributed by atoms with E-state index in [9.17, 15) is 4.79 Å². The Kier molecular flexibility index (Phi) is 5.06. The fourth-order valence-corrected chi connectivity index (χ4v) is 2.54. The standard InChI is InChI=1S/C14H20N4O2S/c1-9(2)8-15-13(19)10(3)21-14-17-16-12(18(14)4)11-6-5-7-20-11/h5-7,9-10H,8H2,1-4H3,(H,15,19). The molecule has 114 valence electrons. The van der Waals surface area contributed by atoms with Gasteiger partial charge in [0.15, 0.2) is 16.7 Å². The van der Waals surface area contributed by atoms with Gasteiger partial charge in [-0.1, -0.05) is 25.6 Å². The van der Waals surface area contributed by atoms with Crippen LogP contribution in [0.5, 0.6) is 0 Å². The van der Waals surface area contributed by atoms with Crippen LogP contribution in [0.1, 0.15) is 20.8 Å². The quantitative estimate of drug-likeness (QED) is 0.829. The van der Waals surface area contributed by atoms with Gasteiger partial charge in [0, 0.05) is 13.6 Å². The molecule has 0 aromatic carbocycles. The first-order chi connectivity index (χ1) is 9.99. The van der Waals surface area contributed by atoms with Gasteiger partial charge < -0.3 is 14.3 Å². The highest BCUT2D eigenvalue weighted by molar-refractivity contribution is 8.00. The average molecular weight is 308 g/mol. The minimum absolute atomic E-state index is 0.0104. The number of hydrogen-bond acceptors (Lipinski definition) is 5. The molecule has 1 atom stereocenters. The number of nitrogens with one attached hydrogen (secondary N) is 1. The van der Waals surface area contributed by atoms with Crippen LogP contribution in [0.2, 0.25) is 0 Å². The van der Waals surface area contributed by atoms with E-state index >= 15 is 0 Å². The largest absolute Gasteiger partial charge is 0.461 e. The summed E-state index contributed by atoms with van der Waals surface area (Å²) in [7, 11) is 1.86. The van der Waals surface area contributed by atoms with Crippen LogP contribution in [-0.4, -0.2) is 32.5 Å². The van der Waals surface area contributed by atoms with Crippen molar-refractivity contribution in [2.45, 2.75) is 31.2 Å². The van der Waals surface area contributed by atoms with Crippen LogP contribution in [0.25, 0.3) is 11.6 Å². The maximum absolute atomic E-state index is 12.0. The molecule has 0 saturated carbocycles. The Morgan fingerprint density at radius 3 is 2.81 bits per heavy atom. The number of amides is 1. The van der Waals surface area contributed by atoms with Crippen molar-refractivity contribution in [3.05, 3.63) is 18.4 Å². The molecule has 0 aliphatic heterocycles. The van der Waals surface area contributed by atoms with Crippen LogP contribution in [0.15, 0.2) is 28.0 Å². The first-order valence-corrected chi connectivity index (χ1v) is 7.74. The van der Waals surface area contributed by atoms with E-state index < -0.39 is 0 Å². The highest BCUT2D eigenvalue weighted by Gasteiger charge is 2.20. The SMILES string of the molecule is CC(C)CNC(=O)C(C)Sc1nnc(-c2ccco2)n1C. The molecule has 0 spiro atoms. The molecule has 0 fully saturated rings. The third-order valence-electron chi connectivity index (χ3n) is 2.91. The van der Waals surface area contributed by atoms with E-state index in [2.05, 4.69) is 29.4 Å². The van der Waals surface area contributed by atoms with Crippen molar-refractivity contribution in [3.63, 3.8) is 0 Å².